The Hall–Kier alpha value is -1.08. The normalized spacial score (nSPS) is 16.9. The number of rotatable bonds is 7. The summed E-state index contributed by atoms with van der Waals surface area (Å²) in [6, 6.07) is 9.56. The lowest BCUT2D eigenvalue weighted by molar-refractivity contribution is -0.127. The summed E-state index contributed by atoms with van der Waals surface area (Å²) in [5, 5.41) is 5.79. The van der Waals surface area contributed by atoms with E-state index < -0.39 is 6.10 Å². The largest absolute Gasteiger partial charge is 0.480 e. The number of benzene rings is 1. The summed E-state index contributed by atoms with van der Waals surface area (Å²) in [7, 11) is 0. The molecule has 1 fully saturated rings. The van der Waals surface area contributed by atoms with Crippen LogP contribution in [0.4, 0.5) is 0 Å². The van der Waals surface area contributed by atoms with Gasteiger partial charge in [0, 0.05) is 23.0 Å². The minimum absolute atomic E-state index is 0.0853. The first-order valence-electron chi connectivity index (χ1n) is 9.15. The van der Waals surface area contributed by atoms with Crippen molar-refractivity contribution in [3.63, 3.8) is 0 Å². The van der Waals surface area contributed by atoms with Gasteiger partial charge in [-0.1, -0.05) is 17.7 Å². The number of piperidine rings is 1. The van der Waals surface area contributed by atoms with E-state index in [-0.39, 0.29) is 5.91 Å². The van der Waals surface area contributed by atoms with Crippen LogP contribution in [0.3, 0.4) is 0 Å². The highest BCUT2D eigenvalue weighted by Crippen LogP contribution is 2.28. The molecule has 4 nitrogen and oxygen atoms in total. The first-order valence-corrected chi connectivity index (χ1v) is 11.2. The lowest BCUT2D eigenvalue weighted by Crippen LogP contribution is -2.42. The molecule has 1 aromatic heterocycles. The molecule has 2 aromatic rings. The minimum Gasteiger partial charge on any atom is -0.480 e. The van der Waals surface area contributed by atoms with Crippen molar-refractivity contribution in [2.45, 2.75) is 32.4 Å². The fourth-order valence-electron chi connectivity index (χ4n) is 3.18. The first kappa shape index (κ1) is 20.6. The van der Waals surface area contributed by atoms with E-state index in [1.807, 2.05) is 11.3 Å². The van der Waals surface area contributed by atoms with Crippen LogP contribution < -0.4 is 10.1 Å². The number of hydrogen-bond acceptors (Lipinski definition) is 4. The number of halogens is 2. The Morgan fingerprint density at radius 2 is 2.19 bits per heavy atom. The molecule has 1 aliphatic heterocycles. The first-order chi connectivity index (χ1) is 13.0. The Morgan fingerprint density at radius 1 is 1.41 bits per heavy atom. The van der Waals surface area contributed by atoms with Crippen LogP contribution in [0.25, 0.3) is 0 Å². The number of likely N-dealkylation sites (tertiary alicyclic amines) is 1. The van der Waals surface area contributed by atoms with E-state index in [1.54, 1.807) is 25.1 Å². The number of hydrogen-bond donors (Lipinski definition) is 1. The maximum Gasteiger partial charge on any atom is 0.260 e. The highest BCUT2D eigenvalue weighted by atomic mass is 79.9. The Kier molecular flexibility index (Phi) is 7.58. The van der Waals surface area contributed by atoms with Gasteiger partial charge in [0.15, 0.2) is 6.10 Å². The molecular weight excluding hydrogens is 448 g/mol. The van der Waals surface area contributed by atoms with Gasteiger partial charge < -0.3 is 10.1 Å². The van der Waals surface area contributed by atoms with E-state index in [2.05, 4.69) is 43.7 Å². The molecule has 146 valence electrons. The topological polar surface area (TPSA) is 41.6 Å². The molecule has 1 aromatic carbocycles. The molecule has 1 N–H and O–H groups in total. The van der Waals surface area contributed by atoms with E-state index >= 15 is 0 Å². The average molecular weight is 472 g/mol. The van der Waals surface area contributed by atoms with Crippen molar-refractivity contribution < 1.29 is 9.53 Å². The summed E-state index contributed by atoms with van der Waals surface area (Å²) in [4.78, 5) is 16.3. The standard InChI is InChI=1S/C20H24BrClN2O2S/c1-14(26-19-5-4-16(22)11-18(19)21)20(25)23-12-15-6-8-24(9-7-15)13-17-3-2-10-27-17/h2-5,10-11,14-15H,6-9,12-13H2,1H3,(H,23,25). The van der Waals surface area contributed by atoms with E-state index in [0.29, 0.717) is 23.2 Å². The maximum atomic E-state index is 12.4. The number of amides is 1. The highest BCUT2D eigenvalue weighted by Gasteiger charge is 2.22. The molecule has 0 radical (unpaired) electrons. The molecule has 0 aliphatic carbocycles. The third kappa shape index (κ3) is 6.21. The second-order valence-corrected chi connectivity index (χ2v) is 9.20. The number of carbonyl (C=O) groups is 1. The van der Waals surface area contributed by atoms with Gasteiger partial charge in [0.2, 0.25) is 0 Å². The molecule has 1 unspecified atom stereocenters. The third-order valence-electron chi connectivity index (χ3n) is 4.80. The lowest BCUT2D eigenvalue weighted by atomic mass is 9.96. The van der Waals surface area contributed by atoms with Crippen LogP contribution in [0.1, 0.15) is 24.6 Å². The molecular formula is C20H24BrClN2O2S. The number of carbonyl (C=O) groups excluding carboxylic acids is 1. The summed E-state index contributed by atoms with van der Waals surface area (Å²) in [6.07, 6.45) is 1.68. The van der Waals surface area contributed by atoms with Gasteiger partial charge in [-0.25, -0.2) is 0 Å². The van der Waals surface area contributed by atoms with E-state index in [9.17, 15) is 4.79 Å². The summed E-state index contributed by atoms with van der Waals surface area (Å²) in [5.74, 6) is 1.06. The van der Waals surface area contributed by atoms with Crippen molar-refractivity contribution in [2.24, 2.45) is 5.92 Å². The molecule has 3 rings (SSSR count). The van der Waals surface area contributed by atoms with Gasteiger partial charge in [0.1, 0.15) is 5.75 Å². The number of thiophene rings is 1. The molecule has 1 atom stereocenters. The van der Waals surface area contributed by atoms with Gasteiger partial charge in [0.25, 0.3) is 5.91 Å². The number of ether oxygens (including phenoxy) is 1. The highest BCUT2D eigenvalue weighted by molar-refractivity contribution is 9.10. The van der Waals surface area contributed by atoms with Crippen LogP contribution in [0.5, 0.6) is 5.75 Å². The monoisotopic (exact) mass is 470 g/mol. The van der Waals surface area contributed by atoms with Gasteiger partial charge in [-0.15, -0.1) is 11.3 Å². The fraction of sp³-hybridized carbons (Fsp3) is 0.450. The average Bonchev–Trinajstić information content (AvgIpc) is 3.16. The molecule has 1 aliphatic rings. The van der Waals surface area contributed by atoms with Crippen LogP contribution >= 0.6 is 38.9 Å². The van der Waals surface area contributed by atoms with Crippen molar-refractivity contribution in [3.05, 3.63) is 50.1 Å². The Morgan fingerprint density at radius 3 is 2.85 bits per heavy atom. The molecule has 0 saturated carbocycles. The van der Waals surface area contributed by atoms with Gasteiger partial charge in [0.05, 0.1) is 4.47 Å². The molecule has 2 heterocycles. The van der Waals surface area contributed by atoms with Crippen LogP contribution in [-0.4, -0.2) is 36.5 Å². The predicted molar refractivity (Wildman–Crippen MR) is 115 cm³/mol. The van der Waals surface area contributed by atoms with Crippen molar-refractivity contribution in [1.29, 1.82) is 0 Å². The second-order valence-electron chi connectivity index (χ2n) is 6.88. The minimum atomic E-state index is -0.554. The van der Waals surface area contributed by atoms with Crippen molar-refractivity contribution in [1.82, 2.24) is 10.2 Å². The van der Waals surface area contributed by atoms with Crippen molar-refractivity contribution in [3.8, 4) is 5.75 Å². The SMILES string of the molecule is CC(Oc1ccc(Cl)cc1Br)C(=O)NCC1CCN(Cc2cccs2)CC1. The van der Waals surface area contributed by atoms with E-state index in [1.165, 1.54) is 4.88 Å². The molecule has 7 heteroatoms. The zero-order valence-electron chi connectivity index (χ0n) is 15.3. The zero-order valence-corrected chi connectivity index (χ0v) is 18.4. The van der Waals surface area contributed by atoms with Crippen LogP contribution in [-0.2, 0) is 11.3 Å². The molecule has 1 amide bonds. The number of nitrogens with one attached hydrogen (secondary N) is 1. The van der Waals surface area contributed by atoms with E-state index in [4.69, 9.17) is 16.3 Å². The van der Waals surface area contributed by atoms with Crippen LogP contribution in [0.2, 0.25) is 5.02 Å². The smallest absolute Gasteiger partial charge is 0.260 e. The molecule has 0 spiro atoms. The van der Waals surface area contributed by atoms with E-state index in [0.717, 1.165) is 36.9 Å². The Balaban J connectivity index is 1.39. The van der Waals surface area contributed by atoms with Gasteiger partial charge in [-0.2, -0.15) is 0 Å². The molecule has 1 saturated heterocycles. The molecule has 27 heavy (non-hydrogen) atoms. The van der Waals surface area contributed by atoms with Crippen molar-refractivity contribution >= 4 is 44.8 Å². The predicted octanol–water partition coefficient (Wildman–Crippen LogP) is 4.96. The fourth-order valence-corrected chi connectivity index (χ4v) is 4.70. The zero-order chi connectivity index (χ0) is 19.2. The summed E-state index contributed by atoms with van der Waals surface area (Å²) in [6.45, 7) is 5.68. The molecule has 0 bridgehead atoms. The maximum absolute atomic E-state index is 12.4. The second kappa shape index (κ2) is 9.92. The van der Waals surface area contributed by atoms with Gasteiger partial charge >= 0.3 is 0 Å². The quantitative estimate of drug-likeness (QED) is 0.620. The summed E-state index contributed by atoms with van der Waals surface area (Å²) >= 11 is 11.2. The van der Waals surface area contributed by atoms with Gasteiger partial charge in [-0.3, -0.25) is 9.69 Å². The Labute approximate surface area is 178 Å². The van der Waals surface area contributed by atoms with Crippen molar-refractivity contribution in [2.75, 3.05) is 19.6 Å². The van der Waals surface area contributed by atoms with Gasteiger partial charge in [-0.05, 0) is 84.3 Å². The summed E-state index contributed by atoms with van der Waals surface area (Å²) in [5.41, 5.74) is 0. The number of nitrogens with zero attached hydrogens (tertiary/aromatic N) is 1. The van der Waals surface area contributed by atoms with Crippen LogP contribution in [0.15, 0.2) is 40.2 Å². The Bertz CT molecular complexity index is 748. The lowest BCUT2D eigenvalue weighted by Gasteiger charge is -2.31. The third-order valence-corrected chi connectivity index (χ3v) is 6.51. The van der Waals surface area contributed by atoms with Crippen LogP contribution in [0, 0.1) is 5.92 Å². The summed E-state index contributed by atoms with van der Waals surface area (Å²) < 4.78 is 6.50.